The first-order valence-corrected chi connectivity index (χ1v) is 32.5. The first-order valence-electron chi connectivity index (χ1n) is 32.5. The number of fused-ring (bicyclic) bond motifs is 2. The van der Waals surface area contributed by atoms with E-state index in [4.69, 9.17) is 40.1 Å². The van der Waals surface area contributed by atoms with Gasteiger partial charge in [0.05, 0.1) is 6.04 Å². The summed E-state index contributed by atoms with van der Waals surface area (Å²) in [6.45, 7) is 10.7. The normalized spacial score (nSPS) is 14.4. The zero-order chi connectivity index (χ0) is 71.5. The van der Waals surface area contributed by atoms with E-state index in [1.54, 1.807) is 40.1 Å². The monoisotopic (exact) mass is 1350 g/mol. The van der Waals surface area contributed by atoms with Gasteiger partial charge in [-0.1, -0.05) is 96.5 Å². The number of aliphatic imine (C=N–C) groups is 3. The molecule has 0 bridgehead atoms. The van der Waals surface area contributed by atoms with Crippen molar-refractivity contribution in [3.05, 3.63) is 102 Å². The number of nitrogens with two attached hydrogens (primary N) is 7. The van der Waals surface area contributed by atoms with Gasteiger partial charge in [-0.15, -0.1) is 0 Å². The van der Waals surface area contributed by atoms with E-state index in [2.05, 4.69) is 67.5 Å². The van der Waals surface area contributed by atoms with Crippen molar-refractivity contribution in [1.82, 2.24) is 52.5 Å². The lowest BCUT2D eigenvalue weighted by Gasteiger charge is -2.30. The van der Waals surface area contributed by atoms with Gasteiger partial charge in [0.2, 0.25) is 47.3 Å². The Kier molecular flexibility index (Phi) is 30.4. The molecule has 26 N–H and O–H groups in total. The van der Waals surface area contributed by atoms with Crippen LogP contribution in [0.2, 0.25) is 0 Å². The standard InChI is InChI=1S/C66H98N20O11/c1-7-37(6)54(86-60(93)52(32-40-34-78-46-18-11-9-16-43(40)46)84-61(94)53(36(4)5)85-59(92)50(29-35(2)3)82-55(88)44(67)31-39-33-77-45-17-10-8-15-42(39)45)62(95)83-51(30-38-22-24-41(87)25-23-38)58(91)80-47(19-12-26-74-64(68)69)56(89)79-48(20-13-27-75-65(70)71)57(90)81-49(63(96)97)21-14-28-76-66(72)73/h8-11,15-18,22-25,33-37,44,47-54,77-78,87H,7,12-14,19-21,26-32,67H2,1-6H3,(H,79,89)(H,80,91)(H,81,90)(H,82,88)(H,83,95)(H,84,94)(H,85,92)(H,86,93)(H,96,97)(H4,68,69,74)(H4,70,71,75)(H4,72,73,76)/t37-,44-,47-,48-,49-,50-,51-,52-,53-,54-/m0/s1. The predicted molar refractivity (Wildman–Crippen MR) is 370 cm³/mol. The van der Waals surface area contributed by atoms with Gasteiger partial charge in [0.15, 0.2) is 17.9 Å². The Morgan fingerprint density at radius 2 is 0.856 bits per heavy atom. The number of rotatable bonds is 40. The van der Waals surface area contributed by atoms with Crippen molar-refractivity contribution in [1.29, 1.82) is 0 Å². The molecule has 3 aromatic carbocycles. The maximum atomic E-state index is 15.1. The largest absolute Gasteiger partial charge is 0.508 e. The van der Waals surface area contributed by atoms with Gasteiger partial charge in [-0.2, -0.15) is 0 Å². The molecule has 5 rings (SSSR count). The first kappa shape index (κ1) is 77.2. The third kappa shape index (κ3) is 25.0. The number of aromatic hydroxyl groups is 1. The number of H-pyrrole nitrogens is 2. The predicted octanol–water partition coefficient (Wildman–Crippen LogP) is -0.418. The number of para-hydroxylation sites is 2. The Hall–Kier alpha value is -10.5. The van der Waals surface area contributed by atoms with Crippen molar-refractivity contribution in [2.75, 3.05) is 19.6 Å². The van der Waals surface area contributed by atoms with Gasteiger partial charge < -0.3 is 103 Å². The van der Waals surface area contributed by atoms with E-state index >= 15 is 9.59 Å². The Morgan fingerprint density at radius 3 is 1.32 bits per heavy atom. The molecule has 528 valence electrons. The average Bonchev–Trinajstić information content (AvgIpc) is 1.74. The van der Waals surface area contributed by atoms with Crippen LogP contribution in [0.5, 0.6) is 5.75 Å². The number of aliphatic carboxylic acids is 1. The van der Waals surface area contributed by atoms with E-state index in [-0.39, 0.29) is 113 Å². The number of nitrogens with zero attached hydrogens (tertiary/aromatic N) is 3. The number of amides is 8. The van der Waals surface area contributed by atoms with E-state index in [1.165, 1.54) is 24.3 Å². The van der Waals surface area contributed by atoms with Crippen LogP contribution in [0.15, 0.2) is 100 Å². The quantitative estimate of drug-likeness (QED) is 0.0135. The van der Waals surface area contributed by atoms with Gasteiger partial charge in [0.25, 0.3) is 0 Å². The Labute approximate surface area is 563 Å². The Bertz CT molecular complexity index is 3560. The fraction of sp³-hybridized carbons (Fsp3) is 0.485. The van der Waals surface area contributed by atoms with Crippen molar-refractivity contribution in [2.24, 2.45) is 72.9 Å². The highest BCUT2D eigenvalue weighted by molar-refractivity contribution is 5.99. The lowest BCUT2D eigenvalue weighted by atomic mass is 9.95. The molecule has 0 unspecified atom stereocenters. The van der Waals surface area contributed by atoms with Crippen LogP contribution in [-0.2, 0) is 62.4 Å². The SMILES string of the molecule is CC[C@H](C)[C@H](NC(=O)[C@H](Cc1c[nH]c2ccccc12)NC(=O)[C@@H](NC(=O)[C@H](CC(C)C)NC(=O)[C@@H](N)Cc1c[nH]c2ccccc12)C(C)C)C(=O)N[C@@H](Cc1ccc(O)cc1)C(=O)N[C@@H](CCCN=C(N)N)C(=O)N[C@@H](CCCN=C(N)N)C(=O)N[C@@H](CCCN=C(N)N)C(=O)O. The average molecular weight is 1350 g/mol. The topological polar surface area (TPSA) is 541 Å². The fourth-order valence-corrected chi connectivity index (χ4v) is 10.8. The zero-order valence-corrected chi connectivity index (χ0v) is 55.9. The van der Waals surface area contributed by atoms with Crippen LogP contribution in [0.1, 0.15) is 110 Å². The third-order valence-electron chi connectivity index (χ3n) is 16.3. The number of phenolic OH excluding ortho intramolecular Hbond substituents is 1. The van der Waals surface area contributed by atoms with E-state index in [9.17, 15) is 43.8 Å². The minimum absolute atomic E-state index is 0.00878. The molecule has 0 radical (unpaired) electrons. The minimum Gasteiger partial charge on any atom is -0.508 e. The molecule has 0 aliphatic heterocycles. The number of aromatic nitrogens is 2. The number of nitrogens with one attached hydrogen (secondary N) is 10. The molecule has 8 amide bonds. The summed E-state index contributed by atoms with van der Waals surface area (Å²) >= 11 is 0. The number of guanidine groups is 3. The lowest BCUT2D eigenvalue weighted by Crippen LogP contribution is -2.62. The minimum atomic E-state index is -1.51. The summed E-state index contributed by atoms with van der Waals surface area (Å²) in [7, 11) is 0. The number of phenols is 1. The molecular weight excluding hydrogens is 1250 g/mol. The van der Waals surface area contributed by atoms with Gasteiger partial charge in [-0.25, -0.2) is 4.79 Å². The summed E-state index contributed by atoms with van der Waals surface area (Å²) in [4.78, 5) is 147. The van der Waals surface area contributed by atoms with Crippen molar-refractivity contribution in [3.63, 3.8) is 0 Å². The van der Waals surface area contributed by atoms with Crippen LogP contribution in [0, 0.1) is 17.8 Å². The maximum Gasteiger partial charge on any atom is 0.326 e. The molecular formula is C66H98N20O11. The molecule has 0 saturated heterocycles. The van der Waals surface area contributed by atoms with E-state index < -0.39 is 119 Å². The number of carbonyl (C=O) groups is 9. The molecule has 31 nitrogen and oxygen atoms in total. The molecule has 2 aromatic heterocycles. The van der Waals surface area contributed by atoms with Crippen LogP contribution < -0.4 is 82.7 Å². The van der Waals surface area contributed by atoms with E-state index in [0.717, 1.165) is 27.4 Å². The highest BCUT2D eigenvalue weighted by Crippen LogP contribution is 2.22. The van der Waals surface area contributed by atoms with Crippen LogP contribution in [-0.4, -0.2) is 165 Å². The van der Waals surface area contributed by atoms with Gasteiger partial charge >= 0.3 is 5.97 Å². The molecule has 0 aliphatic rings. The number of carboxylic acid groups (broad SMARTS) is 1. The molecule has 0 fully saturated rings. The summed E-state index contributed by atoms with van der Waals surface area (Å²) in [5, 5.41) is 43.9. The van der Waals surface area contributed by atoms with Crippen LogP contribution in [0.25, 0.3) is 21.8 Å². The Morgan fingerprint density at radius 1 is 0.464 bits per heavy atom. The summed E-state index contributed by atoms with van der Waals surface area (Å²) in [6, 6.07) is 8.62. The smallest absolute Gasteiger partial charge is 0.326 e. The van der Waals surface area contributed by atoms with E-state index in [1.807, 2.05) is 62.4 Å². The zero-order valence-electron chi connectivity index (χ0n) is 55.9. The number of hydrogen-bond donors (Lipinski definition) is 19. The van der Waals surface area contributed by atoms with Gasteiger partial charge in [0.1, 0.15) is 54.1 Å². The van der Waals surface area contributed by atoms with Gasteiger partial charge in [0, 0.05) is 66.7 Å². The molecule has 10 atom stereocenters. The number of aromatic amines is 2. The van der Waals surface area contributed by atoms with E-state index in [0.29, 0.717) is 17.5 Å². The summed E-state index contributed by atoms with van der Waals surface area (Å²) < 4.78 is 0. The summed E-state index contributed by atoms with van der Waals surface area (Å²) in [5.41, 5.74) is 43.1. The molecule has 97 heavy (non-hydrogen) atoms. The van der Waals surface area contributed by atoms with Crippen molar-refractivity contribution >= 4 is 92.9 Å². The first-order chi connectivity index (χ1) is 46.0. The molecule has 2 heterocycles. The van der Waals surface area contributed by atoms with Crippen molar-refractivity contribution < 1.29 is 53.4 Å². The molecule has 0 spiro atoms. The molecule has 0 aliphatic carbocycles. The number of carbonyl (C=O) groups excluding carboxylic acids is 8. The molecule has 5 aromatic rings. The second-order valence-electron chi connectivity index (χ2n) is 24.9. The highest BCUT2D eigenvalue weighted by Gasteiger charge is 2.38. The van der Waals surface area contributed by atoms with Gasteiger partial charge in [-0.05, 0) is 110 Å². The summed E-state index contributed by atoms with van der Waals surface area (Å²) in [6.07, 6.45) is 3.81. The molecule has 0 saturated carbocycles. The molecule has 31 heteroatoms. The second-order valence-corrected chi connectivity index (χ2v) is 24.9. The number of carboxylic acids is 1. The van der Waals surface area contributed by atoms with Crippen molar-refractivity contribution in [2.45, 2.75) is 167 Å². The van der Waals surface area contributed by atoms with Gasteiger partial charge in [-0.3, -0.25) is 53.3 Å². The van der Waals surface area contributed by atoms with Crippen LogP contribution >= 0.6 is 0 Å². The van der Waals surface area contributed by atoms with Crippen molar-refractivity contribution in [3.8, 4) is 5.75 Å². The second kappa shape index (κ2) is 38.2. The maximum absolute atomic E-state index is 15.1. The Balaban J connectivity index is 1.44. The summed E-state index contributed by atoms with van der Waals surface area (Å²) in [5.74, 6) is -9.82. The third-order valence-corrected chi connectivity index (χ3v) is 16.3. The van der Waals surface area contributed by atoms with Crippen LogP contribution in [0.4, 0.5) is 0 Å². The van der Waals surface area contributed by atoms with Crippen LogP contribution in [0.3, 0.4) is 0 Å². The number of benzene rings is 3. The lowest BCUT2D eigenvalue weighted by molar-refractivity contribution is -0.142. The highest BCUT2D eigenvalue weighted by atomic mass is 16.4. The fourth-order valence-electron chi connectivity index (χ4n) is 10.8. The number of hydrogen-bond acceptors (Lipinski definition) is 14.